The predicted molar refractivity (Wildman–Crippen MR) is 48.4 cm³/mol. The van der Waals surface area contributed by atoms with E-state index in [-0.39, 0.29) is 0 Å². The summed E-state index contributed by atoms with van der Waals surface area (Å²) < 4.78 is 30.8. The summed E-state index contributed by atoms with van der Waals surface area (Å²) in [5.74, 6) is -3.21. The Morgan fingerprint density at radius 2 is 1.80 bits per heavy atom. The molecule has 8 heteroatoms. The Morgan fingerprint density at radius 3 is 2.13 bits per heavy atom. The van der Waals surface area contributed by atoms with Crippen molar-refractivity contribution in [2.75, 3.05) is 20.2 Å². The fourth-order valence-electron chi connectivity index (χ4n) is 0.813. The number of rotatable bonds is 5. The van der Waals surface area contributed by atoms with Crippen LogP contribution in [0, 0.1) is 0 Å². The molecule has 88 valence electrons. The van der Waals surface area contributed by atoms with E-state index in [9.17, 15) is 18.0 Å². The number of methoxy groups -OCH3 is 2. The van der Waals surface area contributed by atoms with Crippen molar-refractivity contribution in [1.82, 2.24) is 0 Å². The molecular weight excluding hydrogens is 228 g/mol. The van der Waals surface area contributed by atoms with Gasteiger partial charge in [0.25, 0.3) is 0 Å². The van der Waals surface area contributed by atoms with Gasteiger partial charge < -0.3 is 14.6 Å². The quantitative estimate of drug-likeness (QED) is 0.580. The highest BCUT2D eigenvalue weighted by atomic mass is 32.2. The van der Waals surface area contributed by atoms with E-state index in [1.54, 1.807) is 0 Å². The molecule has 0 aromatic heterocycles. The van der Waals surface area contributed by atoms with Gasteiger partial charge in [-0.1, -0.05) is 0 Å². The molecule has 0 aliphatic rings. The highest BCUT2D eigenvalue weighted by Crippen LogP contribution is 2.09. The highest BCUT2D eigenvalue weighted by molar-refractivity contribution is 7.92. The van der Waals surface area contributed by atoms with Gasteiger partial charge in [0, 0.05) is 0 Å². The van der Waals surface area contributed by atoms with Crippen molar-refractivity contribution < 1.29 is 32.6 Å². The second-order valence-corrected chi connectivity index (χ2v) is 4.74. The lowest BCUT2D eigenvalue weighted by Crippen LogP contribution is -2.35. The first-order valence-electron chi connectivity index (χ1n) is 3.86. The number of hydrogen-bond donors (Lipinski definition) is 1. The molecule has 15 heavy (non-hydrogen) atoms. The van der Waals surface area contributed by atoms with Crippen LogP contribution in [-0.2, 0) is 28.9 Å². The molecule has 0 aliphatic carbocycles. The minimum Gasteiger partial charge on any atom is -0.469 e. The van der Waals surface area contributed by atoms with Crippen molar-refractivity contribution in [3.8, 4) is 0 Å². The smallest absolute Gasteiger partial charge is 0.324 e. The summed E-state index contributed by atoms with van der Waals surface area (Å²) in [4.78, 5) is 21.9. The summed E-state index contributed by atoms with van der Waals surface area (Å²) in [5.41, 5.74) is 0. The second-order valence-electron chi connectivity index (χ2n) is 2.58. The number of carbonyl (C=O) groups excluding carboxylic acids is 2. The molecule has 0 aliphatic heterocycles. The van der Waals surface area contributed by atoms with Crippen LogP contribution in [0.3, 0.4) is 0 Å². The number of hydrogen-bond acceptors (Lipinski definition) is 7. The van der Waals surface area contributed by atoms with Crippen molar-refractivity contribution in [3.63, 3.8) is 0 Å². The number of aliphatic hydroxyl groups is 1. The molecule has 7 nitrogen and oxygen atoms in total. The van der Waals surface area contributed by atoms with Gasteiger partial charge in [-0.2, -0.15) is 0 Å². The fourth-order valence-corrected chi connectivity index (χ4v) is 1.77. The summed E-state index contributed by atoms with van der Waals surface area (Å²) in [5, 5.41) is 6.82. The fraction of sp³-hybridized carbons (Fsp3) is 0.714. The maximum Gasteiger partial charge on any atom is 0.324 e. The molecule has 1 N–H and O–H groups in total. The topological polar surface area (TPSA) is 107 Å². The largest absolute Gasteiger partial charge is 0.469 e. The van der Waals surface area contributed by atoms with Crippen molar-refractivity contribution in [1.29, 1.82) is 0 Å². The van der Waals surface area contributed by atoms with E-state index < -0.39 is 39.4 Å². The molecule has 0 aromatic carbocycles. The SMILES string of the molecule is COC(=O)CC(C(=O)OC)S(=O)(=O)CO. The summed E-state index contributed by atoms with van der Waals surface area (Å²) in [6, 6.07) is 0. The molecule has 0 fully saturated rings. The van der Waals surface area contributed by atoms with Crippen molar-refractivity contribution in [3.05, 3.63) is 0 Å². The number of esters is 2. The zero-order chi connectivity index (χ0) is 12.1. The van der Waals surface area contributed by atoms with Gasteiger partial charge in [-0.25, -0.2) is 8.42 Å². The Bertz CT molecular complexity index is 331. The van der Waals surface area contributed by atoms with Gasteiger partial charge in [0.15, 0.2) is 15.1 Å². The van der Waals surface area contributed by atoms with Crippen molar-refractivity contribution in [2.45, 2.75) is 11.7 Å². The number of ether oxygens (including phenoxy) is 2. The van der Waals surface area contributed by atoms with Gasteiger partial charge in [-0.05, 0) is 0 Å². The van der Waals surface area contributed by atoms with Crippen LogP contribution in [0.1, 0.15) is 6.42 Å². The van der Waals surface area contributed by atoms with E-state index in [0.717, 1.165) is 14.2 Å². The van der Waals surface area contributed by atoms with Crippen molar-refractivity contribution >= 4 is 21.8 Å². The van der Waals surface area contributed by atoms with Crippen LogP contribution in [0.2, 0.25) is 0 Å². The summed E-state index contributed by atoms with van der Waals surface area (Å²) in [7, 11) is -2.05. The Morgan fingerprint density at radius 1 is 1.27 bits per heavy atom. The number of carbonyl (C=O) groups is 2. The second kappa shape index (κ2) is 5.66. The van der Waals surface area contributed by atoms with Crippen LogP contribution < -0.4 is 0 Å². The Hall–Kier alpha value is -1.15. The molecule has 0 aromatic rings. The van der Waals surface area contributed by atoms with E-state index in [1.807, 2.05) is 0 Å². The van der Waals surface area contributed by atoms with E-state index in [2.05, 4.69) is 9.47 Å². The first kappa shape index (κ1) is 13.8. The van der Waals surface area contributed by atoms with Crippen LogP contribution in [0.4, 0.5) is 0 Å². The molecule has 0 heterocycles. The molecule has 0 radical (unpaired) electrons. The Labute approximate surface area is 86.9 Å². The first-order valence-corrected chi connectivity index (χ1v) is 5.57. The molecule has 1 atom stereocenters. The normalized spacial score (nSPS) is 13.0. The molecule has 0 rings (SSSR count). The van der Waals surface area contributed by atoms with Crippen LogP contribution in [-0.4, -0.2) is 50.9 Å². The van der Waals surface area contributed by atoms with Crippen LogP contribution >= 0.6 is 0 Å². The lowest BCUT2D eigenvalue weighted by atomic mass is 10.3. The zero-order valence-electron chi connectivity index (χ0n) is 8.30. The molecule has 0 bridgehead atoms. The third kappa shape index (κ3) is 3.84. The van der Waals surface area contributed by atoms with Gasteiger partial charge in [0.2, 0.25) is 0 Å². The third-order valence-corrected chi connectivity index (χ3v) is 3.24. The van der Waals surface area contributed by atoms with E-state index in [0.29, 0.717) is 0 Å². The number of sulfone groups is 1. The average Bonchev–Trinajstić information content (AvgIpc) is 2.24. The molecule has 1 unspecified atom stereocenters. The van der Waals surface area contributed by atoms with E-state index in [4.69, 9.17) is 5.11 Å². The standard InChI is InChI=1S/C7H12O7S/c1-13-6(9)3-5(7(10)14-2)15(11,12)4-8/h5,8H,3-4H2,1-2H3. The Kier molecular flexibility index (Phi) is 5.23. The monoisotopic (exact) mass is 240 g/mol. The van der Waals surface area contributed by atoms with Gasteiger partial charge >= 0.3 is 11.9 Å². The van der Waals surface area contributed by atoms with E-state index in [1.165, 1.54) is 0 Å². The summed E-state index contributed by atoms with van der Waals surface area (Å²) in [6.45, 7) is 0. The minimum absolute atomic E-state index is 0.675. The lowest BCUT2D eigenvalue weighted by Gasteiger charge is -2.12. The first-order chi connectivity index (χ1) is 6.88. The van der Waals surface area contributed by atoms with Gasteiger partial charge in [0.1, 0.15) is 5.94 Å². The highest BCUT2D eigenvalue weighted by Gasteiger charge is 2.35. The maximum absolute atomic E-state index is 11.2. The van der Waals surface area contributed by atoms with Crippen LogP contribution in [0.25, 0.3) is 0 Å². The third-order valence-electron chi connectivity index (χ3n) is 1.66. The number of aliphatic hydroxyl groups excluding tert-OH is 1. The molecule has 0 saturated carbocycles. The molecule has 0 amide bonds. The predicted octanol–water partition coefficient (Wildman–Crippen LogP) is -1.54. The summed E-state index contributed by atoms with van der Waals surface area (Å²) in [6.07, 6.45) is -0.675. The van der Waals surface area contributed by atoms with Crippen molar-refractivity contribution in [2.24, 2.45) is 0 Å². The minimum atomic E-state index is -4.10. The average molecular weight is 240 g/mol. The van der Waals surface area contributed by atoms with E-state index >= 15 is 0 Å². The maximum atomic E-state index is 11.2. The van der Waals surface area contributed by atoms with Gasteiger partial charge in [0.05, 0.1) is 20.6 Å². The summed E-state index contributed by atoms with van der Waals surface area (Å²) >= 11 is 0. The van der Waals surface area contributed by atoms with Gasteiger partial charge in [-0.15, -0.1) is 0 Å². The van der Waals surface area contributed by atoms with Crippen LogP contribution in [0.5, 0.6) is 0 Å². The van der Waals surface area contributed by atoms with Gasteiger partial charge in [-0.3, -0.25) is 9.59 Å². The zero-order valence-corrected chi connectivity index (χ0v) is 9.11. The molecular formula is C7H12O7S. The molecule has 0 spiro atoms. The van der Waals surface area contributed by atoms with Crippen LogP contribution in [0.15, 0.2) is 0 Å². The molecule has 0 saturated heterocycles. The Balaban J connectivity index is 4.91. The lowest BCUT2D eigenvalue weighted by molar-refractivity contribution is -0.146.